The molecule has 0 atom stereocenters. The number of rotatable bonds is 8. The van der Waals surface area contributed by atoms with Gasteiger partial charge in [-0.25, -0.2) is 4.98 Å². The maximum absolute atomic E-state index is 14.0. The molecule has 1 heterocycles. The molecule has 6 nitrogen and oxygen atoms in total. The monoisotopic (exact) mass is 468 g/mol. The molecule has 35 heavy (non-hydrogen) atoms. The van der Waals surface area contributed by atoms with Crippen molar-refractivity contribution in [2.24, 2.45) is 0 Å². The molecule has 0 saturated heterocycles. The van der Waals surface area contributed by atoms with Gasteiger partial charge in [-0.1, -0.05) is 48.5 Å². The quantitative estimate of drug-likeness (QED) is 0.330. The van der Waals surface area contributed by atoms with Crippen molar-refractivity contribution in [3.05, 3.63) is 83.9 Å². The van der Waals surface area contributed by atoms with Gasteiger partial charge in [-0.15, -0.1) is 0 Å². The van der Waals surface area contributed by atoms with Crippen molar-refractivity contribution in [2.75, 3.05) is 21.3 Å². The average molecular weight is 469 g/mol. The number of para-hydroxylation sites is 1. The zero-order chi connectivity index (χ0) is 24.4. The second-order valence-corrected chi connectivity index (χ2v) is 8.64. The van der Waals surface area contributed by atoms with Crippen LogP contribution in [0.25, 0.3) is 22.2 Å². The molecular weight excluding hydrogens is 440 g/mol. The molecule has 1 amide bonds. The smallest absolute Gasteiger partial charge is 0.255 e. The third-order valence-corrected chi connectivity index (χ3v) is 6.35. The normalized spacial score (nSPS) is 12.9. The Morgan fingerprint density at radius 2 is 1.54 bits per heavy atom. The highest BCUT2D eigenvalue weighted by Gasteiger charge is 2.34. The molecule has 4 aromatic rings. The van der Waals surface area contributed by atoms with Crippen molar-refractivity contribution in [3.8, 4) is 28.5 Å². The van der Waals surface area contributed by atoms with Crippen molar-refractivity contribution in [3.63, 3.8) is 0 Å². The topological polar surface area (TPSA) is 60.9 Å². The minimum absolute atomic E-state index is 0.0173. The predicted octanol–water partition coefficient (Wildman–Crippen LogP) is 5.73. The number of methoxy groups -OCH3 is 3. The highest BCUT2D eigenvalue weighted by molar-refractivity contribution is 6.07. The van der Waals surface area contributed by atoms with Crippen LogP contribution in [0.15, 0.2) is 72.8 Å². The summed E-state index contributed by atoms with van der Waals surface area (Å²) in [5.74, 6) is 1.60. The summed E-state index contributed by atoms with van der Waals surface area (Å²) in [6, 6.07) is 23.8. The number of aromatic nitrogens is 1. The molecule has 5 rings (SSSR count). The van der Waals surface area contributed by atoms with Crippen molar-refractivity contribution < 1.29 is 19.0 Å². The summed E-state index contributed by atoms with van der Waals surface area (Å²) in [5.41, 5.74) is 3.97. The zero-order valence-electron chi connectivity index (χ0n) is 20.2. The first-order chi connectivity index (χ1) is 17.1. The molecule has 0 N–H and O–H groups in total. The van der Waals surface area contributed by atoms with Crippen LogP contribution in [0.1, 0.15) is 28.8 Å². The molecule has 1 saturated carbocycles. The lowest BCUT2D eigenvalue weighted by molar-refractivity contribution is 0.0732. The Hall–Kier alpha value is -4.06. The van der Waals surface area contributed by atoms with E-state index in [2.05, 4.69) is 12.1 Å². The maximum Gasteiger partial charge on any atom is 0.255 e. The molecule has 1 aliphatic rings. The predicted molar refractivity (Wildman–Crippen MR) is 136 cm³/mol. The van der Waals surface area contributed by atoms with Gasteiger partial charge < -0.3 is 19.1 Å². The lowest BCUT2D eigenvalue weighted by Crippen LogP contribution is -2.32. The molecule has 178 valence electrons. The van der Waals surface area contributed by atoms with Gasteiger partial charge in [0.25, 0.3) is 5.91 Å². The minimum Gasteiger partial charge on any atom is -0.493 e. The zero-order valence-corrected chi connectivity index (χ0v) is 20.2. The van der Waals surface area contributed by atoms with E-state index in [0.29, 0.717) is 35.1 Å². The van der Waals surface area contributed by atoms with Gasteiger partial charge in [0.2, 0.25) is 5.75 Å². The Morgan fingerprint density at radius 3 is 2.17 bits per heavy atom. The molecule has 1 aliphatic carbocycles. The third-order valence-electron chi connectivity index (χ3n) is 6.35. The van der Waals surface area contributed by atoms with Crippen molar-refractivity contribution >= 4 is 16.8 Å². The molecule has 0 spiro atoms. The van der Waals surface area contributed by atoms with Crippen molar-refractivity contribution in [1.82, 2.24) is 9.88 Å². The van der Waals surface area contributed by atoms with Crippen LogP contribution in [0.3, 0.4) is 0 Å². The van der Waals surface area contributed by atoms with Crippen molar-refractivity contribution in [2.45, 2.75) is 25.4 Å². The van der Waals surface area contributed by atoms with Gasteiger partial charge >= 0.3 is 0 Å². The molecule has 3 aromatic carbocycles. The lowest BCUT2D eigenvalue weighted by Gasteiger charge is -2.24. The summed E-state index contributed by atoms with van der Waals surface area (Å²) in [6.07, 6.45) is 2.06. The summed E-state index contributed by atoms with van der Waals surface area (Å²) in [6.45, 7) is 0.584. The molecule has 0 aliphatic heterocycles. The Bertz CT molecular complexity index is 1340. The number of ether oxygens (including phenoxy) is 3. The van der Waals surface area contributed by atoms with Gasteiger partial charge in [-0.2, -0.15) is 0 Å². The molecule has 0 unspecified atom stereocenters. The van der Waals surface area contributed by atoms with E-state index in [0.717, 1.165) is 34.9 Å². The summed E-state index contributed by atoms with van der Waals surface area (Å²) < 4.78 is 16.6. The number of fused-ring (bicyclic) bond motifs is 1. The van der Waals surface area contributed by atoms with Gasteiger partial charge in [0.1, 0.15) is 0 Å². The van der Waals surface area contributed by atoms with Gasteiger partial charge in [-0.3, -0.25) is 4.79 Å². The molecule has 0 radical (unpaired) electrons. The lowest BCUT2D eigenvalue weighted by atomic mass is 10.0. The minimum atomic E-state index is 0.0173. The van der Waals surface area contributed by atoms with Crippen molar-refractivity contribution in [1.29, 1.82) is 0 Å². The van der Waals surface area contributed by atoms with E-state index in [1.807, 2.05) is 65.6 Å². The van der Waals surface area contributed by atoms with Crippen LogP contribution in [-0.4, -0.2) is 43.2 Å². The van der Waals surface area contributed by atoms with Crippen LogP contribution in [-0.2, 0) is 6.54 Å². The largest absolute Gasteiger partial charge is 0.493 e. The van der Waals surface area contributed by atoms with Gasteiger partial charge in [-0.05, 0) is 42.7 Å². The standard InChI is InChI=1S/C29H28N2O4/c1-33-26-15-20(16-27(34-2)28(26)35-3)25-17-23(22-11-7-8-12-24(22)30-25)29(32)31(21-13-14-21)18-19-9-5-4-6-10-19/h4-12,15-17,21H,13-14,18H2,1-3H3. The Kier molecular flexibility index (Phi) is 6.27. The van der Waals surface area contributed by atoms with E-state index in [9.17, 15) is 4.79 Å². The fourth-order valence-electron chi connectivity index (χ4n) is 4.42. The molecular formula is C29H28N2O4. The van der Waals surface area contributed by atoms with Gasteiger partial charge in [0.05, 0.1) is 38.1 Å². The number of hydrogen-bond acceptors (Lipinski definition) is 5. The Labute approximate surface area is 205 Å². The van der Waals surface area contributed by atoms with Crippen LogP contribution in [0, 0.1) is 0 Å². The third kappa shape index (κ3) is 4.52. The van der Waals surface area contributed by atoms with E-state index in [4.69, 9.17) is 19.2 Å². The van der Waals surface area contributed by atoms with Crippen LogP contribution in [0.4, 0.5) is 0 Å². The highest BCUT2D eigenvalue weighted by Crippen LogP contribution is 2.41. The number of carbonyl (C=O) groups is 1. The van der Waals surface area contributed by atoms with E-state index in [1.165, 1.54) is 0 Å². The van der Waals surface area contributed by atoms with Crippen LogP contribution >= 0.6 is 0 Å². The van der Waals surface area contributed by atoms with Gasteiger partial charge in [0.15, 0.2) is 11.5 Å². The van der Waals surface area contributed by atoms with E-state index in [1.54, 1.807) is 21.3 Å². The van der Waals surface area contributed by atoms with E-state index >= 15 is 0 Å². The van der Waals surface area contributed by atoms with Gasteiger partial charge in [0, 0.05) is 23.5 Å². The average Bonchev–Trinajstić information content (AvgIpc) is 3.75. The Morgan fingerprint density at radius 1 is 0.886 bits per heavy atom. The number of hydrogen-bond donors (Lipinski definition) is 0. The van der Waals surface area contributed by atoms with Crippen LogP contribution in [0.5, 0.6) is 17.2 Å². The number of nitrogens with zero attached hydrogens (tertiary/aromatic N) is 2. The molecule has 0 bridgehead atoms. The fourth-order valence-corrected chi connectivity index (χ4v) is 4.42. The van der Waals surface area contributed by atoms with E-state index in [-0.39, 0.29) is 11.9 Å². The summed E-state index contributed by atoms with van der Waals surface area (Å²) in [7, 11) is 4.74. The second kappa shape index (κ2) is 9.66. The van der Waals surface area contributed by atoms with E-state index < -0.39 is 0 Å². The first-order valence-corrected chi connectivity index (χ1v) is 11.7. The molecule has 6 heteroatoms. The summed E-state index contributed by atoms with van der Waals surface area (Å²) in [5, 5.41) is 0.840. The summed E-state index contributed by atoms with van der Waals surface area (Å²) >= 11 is 0. The maximum atomic E-state index is 14.0. The van der Waals surface area contributed by atoms with Crippen LogP contribution < -0.4 is 14.2 Å². The SMILES string of the molecule is COc1cc(-c2cc(C(=O)N(Cc3ccccc3)C3CC3)c3ccccc3n2)cc(OC)c1OC. The summed E-state index contributed by atoms with van der Waals surface area (Å²) in [4.78, 5) is 20.9. The number of amides is 1. The number of carbonyl (C=O) groups excluding carboxylic acids is 1. The van der Waals surface area contributed by atoms with Crippen LogP contribution in [0.2, 0.25) is 0 Å². The second-order valence-electron chi connectivity index (χ2n) is 8.64. The molecule has 1 fully saturated rings. The number of benzene rings is 3. The molecule has 1 aromatic heterocycles. The highest BCUT2D eigenvalue weighted by atomic mass is 16.5. The Balaban J connectivity index is 1.62. The number of pyridine rings is 1. The first kappa shape index (κ1) is 22.7. The first-order valence-electron chi connectivity index (χ1n) is 11.7. The fraction of sp³-hybridized carbons (Fsp3) is 0.241.